The molecule has 0 aliphatic carbocycles. The molecule has 0 heterocycles. The van der Waals surface area contributed by atoms with Gasteiger partial charge >= 0.3 is 6.18 Å². The third-order valence-electron chi connectivity index (χ3n) is 3.01. The largest absolute Gasteiger partial charge is 0.485 e. The third-order valence-corrected chi connectivity index (χ3v) is 3.01. The van der Waals surface area contributed by atoms with E-state index in [2.05, 4.69) is 6.58 Å². The van der Waals surface area contributed by atoms with Crippen molar-refractivity contribution in [2.45, 2.75) is 18.7 Å². The maximum absolute atomic E-state index is 12.5. The molecule has 0 aliphatic heterocycles. The highest BCUT2D eigenvalue weighted by Gasteiger charge is 2.30. The lowest BCUT2D eigenvalue weighted by Gasteiger charge is -2.18. The lowest BCUT2D eigenvalue weighted by atomic mass is 10.1. The summed E-state index contributed by atoms with van der Waals surface area (Å²) in [6.07, 6.45) is -2.30. The van der Waals surface area contributed by atoms with E-state index in [1.54, 1.807) is 6.08 Å². The highest BCUT2D eigenvalue weighted by Crippen LogP contribution is 2.31. The van der Waals surface area contributed by atoms with Crippen LogP contribution in [0.25, 0.3) is 0 Å². The fraction of sp³-hybridized carbons (Fsp3) is 0.176. The molecule has 0 aromatic heterocycles. The predicted molar refractivity (Wildman–Crippen MR) is 76.1 cm³/mol. The van der Waals surface area contributed by atoms with E-state index in [4.69, 9.17) is 4.74 Å². The van der Waals surface area contributed by atoms with Gasteiger partial charge in [0.05, 0.1) is 5.56 Å². The lowest BCUT2D eigenvalue weighted by Crippen LogP contribution is -2.08. The standard InChI is InChI=1S/C17H15F3O/c1-2-6-16(13-7-4-3-5-8-13)21-15-11-9-14(10-12-15)17(18,19)20/h2-5,7-12,16H,1,6H2. The van der Waals surface area contributed by atoms with Crippen molar-refractivity contribution in [3.63, 3.8) is 0 Å². The molecule has 2 aromatic rings. The zero-order valence-electron chi connectivity index (χ0n) is 11.3. The Labute approximate surface area is 121 Å². The Balaban J connectivity index is 2.16. The Morgan fingerprint density at radius 3 is 2.14 bits per heavy atom. The van der Waals surface area contributed by atoms with Gasteiger partial charge in [0.1, 0.15) is 11.9 Å². The van der Waals surface area contributed by atoms with Gasteiger partial charge in [0.25, 0.3) is 0 Å². The summed E-state index contributed by atoms with van der Waals surface area (Å²) in [5.41, 5.74) is 0.270. The van der Waals surface area contributed by atoms with Gasteiger partial charge in [-0.1, -0.05) is 36.4 Å². The average Bonchev–Trinajstić information content (AvgIpc) is 2.47. The van der Waals surface area contributed by atoms with Gasteiger partial charge < -0.3 is 4.74 Å². The van der Waals surface area contributed by atoms with Crippen LogP contribution in [0.15, 0.2) is 67.3 Å². The van der Waals surface area contributed by atoms with E-state index in [1.165, 1.54) is 12.1 Å². The van der Waals surface area contributed by atoms with Crippen molar-refractivity contribution in [2.75, 3.05) is 0 Å². The quantitative estimate of drug-likeness (QED) is 0.670. The van der Waals surface area contributed by atoms with Crippen LogP contribution in [0.3, 0.4) is 0 Å². The molecule has 0 amide bonds. The van der Waals surface area contributed by atoms with E-state index in [0.29, 0.717) is 12.2 Å². The van der Waals surface area contributed by atoms with Gasteiger partial charge in [-0.3, -0.25) is 0 Å². The van der Waals surface area contributed by atoms with Crippen molar-refractivity contribution in [1.82, 2.24) is 0 Å². The Morgan fingerprint density at radius 2 is 1.62 bits per heavy atom. The van der Waals surface area contributed by atoms with Crippen molar-refractivity contribution < 1.29 is 17.9 Å². The van der Waals surface area contributed by atoms with Crippen LogP contribution >= 0.6 is 0 Å². The van der Waals surface area contributed by atoms with E-state index in [9.17, 15) is 13.2 Å². The van der Waals surface area contributed by atoms with E-state index in [1.807, 2.05) is 30.3 Å². The highest BCUT2D eigenvalue weighted by atomic mass is 19.4. The molecule has 2 aromatic carbocycles. The first-order valence-corrected chi connectivity index (χ1v) is 6.50. The third kappa shape index (κ3) is 4.12. The van der Waals surface area contributed by atoms with Crippen LogP contribution in [0, 0.1) is 0 Å². The predicted octanol–water partition coefficient (Wildman–Crippen LogP) is 5.40. The van der Waals surface area contributed by atoms with E-state index >= 15 is 0 Å². The molecule has 0 aliphatic rings. The lowest BCUT2D eigenvalue weighted by molar-refractivity contribution is -0.137. The molecule has 2 rings (SSSR count). The zero-order chi connectivity index (χ0) is 15.3. The summed E-state index contributed by atoms with van der Waals surface area (Å²) in [4.78, 5) is 0. The van der Waals surface area contributed by atoms with Crippen LogP contribution in [0.1, 0.15) is 23.7 Å². The number of alkyl halides is 3. The Hall–Kier alpha value is -2.23. The minimum Gasteiger partial charge on any atom is -0.485 e. The molecule has 0 radical (unpaired) electrons. The van der Waals surface area contributed by atoms with Crippen LogP contribution < -0.4 is 4.74 Å². The fourth-order valence-corrected chi connectivity index (χ4v) is 1.96. The number of ether oxygens (including phenoxy) is 1. The van der Waals surface area contributed by atoms with Gasteiger partial charge in [-0.25, -0.2) is 0 Å². The maximum atomic E-state index is 12.5. The first kappa shape index (κ1) is 15.2. The van der Waals surface area contributed by atoms with Crippen LogP contribution in [-0.2, 0) is 6.18 Å². The summed E-state index contributed by atoms with van der Waals surface area (Å²) in [5.74, 6) is 0.402. The van der Waals surface area contributed by atoms with Crippen LogP contribution in [0.5, 0.6) is 5.75 Å². The van der Waals surface area contributed by atoms with Crippen LogP contribution in [0.4, 0.5) is 13.2 Å². The molecule has 0 N–H and O–H groups in total. The van der Waals surface area contributed by atoms with Crippen LogP contribution in [-0.4, -0.2) is 0 Å². The SMILES string of the molecule is C=CCC(Oc1ccc(C(F)(F)F)cc1)c1ccccc1. The molecule has 0 spiro atoms. The second-order valence-corrected chi connectivity index (χ2v) is 4.56. The first-order valence-electron chi connectivity index (χ1n) is 6.50. The van der Waals surface area contributed by atoms with Gasteiger partial charge in [0.2, 0.25) is 0 Å². The van der Waals surface area contributed by atoms with Gasteiger partial charge in [-0.05, 0) is 29.8 Å². The normalized spacial score (nSPS) is 12.7. The second-order valence-electron chi connectivity index (χ2n) is 4.56. The average molecular weight is 292 g/mol. The molecule has 1 unspecified atom stereocenters. The minimum atomic E-state index is -4.33. The van der Waals surface area contributed by atoms with Gasteiger partial charge in [0.15, 0.2) is 0 Å². The molecule has 4 heteroatoms. The van der Waals surface area contributed by atoms with E-state index in [0.717, 1.165) is 17.7 Å². The summed E-state index contributed by atoms with van der Waals surface area (Å²) in [7, 11) is 0. The fourth-order valence-electron chi connectivity index (χ4n) is 1.96. The summed E-state index contributed by atoms with van der Waals surface area (Å²) in [6, 6.07) is 14.2. The smallest absolute Gasteiger partial charge is 0.416 e. The summed E-state index contributed by atoms with van der Waals surface area (Å²) in [5, 5.41) is 0. The topological polar surface area (TPSA) is 9.23 Å². The van der Waals surface area contributed by atoms with Crippen LogP contribution in [0.2, 0.25) is 0 Å². The number of rotatable bonds is 5. The highest BCUT2D eigenvalue weighted by molar-refractivity contribution is 5.30. The molecule has 0 saturated heterocycles. The van der Waals surface area contributed by atoms with Gasteiger partial charge in [0, 0.05) is 6.42 Å². The summed E-state index contributed by atoms with van der Waals surface area (Å²) >= 11 is 0. The Bertz CT molecular complexity index is 573. The zero-order valence-corrected chi connectivity index (χ0v) is 11.3. The summed E-state index contributed by atoms with van der Waals surface area (Å²) in [6.45, 7) is 3.69. The Kier molecular flexibility index (Phi) is 4.68. The maximum Gasteiger partial charge on any atom is 0.416 e. The Morgan fingerprint density at radius 1 is 1.00 bits per heavy atom. The molecule has 0 saturated carbocycles. The minimum absolute atomic E-state index is 0.263. The van der Waals surface area contributed by atoms with Crippen molar-refractivity contribution in [3.05, 3.63) is 78.4 Å². The van der Waals surface area contributed by atoms with Crippen molar-refractivity contribution in [3.8, 4) is 5.75 Å². The van der Waals surface area contributed by atoms with E-state index < -0.39 is 11.7 Å². The van der Waals surface area contributed by atoms with Crippen molar-refractivity contribution >= 4 is 0 Å². The molecular formula is C17H15F3O. The molecule has 21 heavy (non-hydrogen) atoms. The second kappa shape index (κ2) is 6.48. The van der Waals surface area contributed by atoms with Crippen molar-refractivity contribution in [1.29, 1.82) is 0 Å². The molecule has 0 fully saturated rings. The number of hydrogen-bond donors (Lipinski definition) is 0. The van der Waals surface area contributed by atoms with Gasteiger partial charge in [-0.15, -0.1) is 6.58 Å². The first-order chi connectivity index (χ1) is 10.0. The molecule has 1 nitrogen and oxygen atoms in total. The molecular weight excluding hydrogens is 277 g/mol. The number of benzene rings is 2. The number of halogens is 3. The monoisotopic (exact) mass is 292 g/mol. The molecule has 0 bridgehead atoms. The number of hydrogen-bond acceptors (Lipinski definition) is 1. The van der Waals surface area contributed by atoms with E-state index in [-0.39, 0.29) is 6.10 Å². The molecule has 1 atom stereocenters. The molecule has 110 valence electrons. The van der Waals surface area contributed by atoms with Gasteiger partial charge in [-0.2, -0.15) is 13.2 Å². The van der Waals surface area contributed by atoms with Crippen molar-refractivity contribution in [2.24, 2.45) is 0 Å². The summed E-state index contributed by atoms with van der Waals surface area (Å²) < 4.78 is 43.3.